The van der Waals surface area contributed by atoms with Gasteiger partial charge in [0, 0.05) is 6.42 Å². The Balaban J connectivity index is 0. The fourth-order valence-electron chi connectivity index (χ4n) is 0.937. The van der Waals surface area contributed by atoms with Crippen LogP contribution in [0.1, 0.15) is 32.1 Å². The minimum absolute atomic E-state index is 0. The number of hydrogen-bond acceptors (Lipinski definition) is 3. The van der Waals surface area contributed by atoms with Crippen molar-refractivity contribution < 1.29 is 21.8 Å². The van der Waals surface area contributed by atoms with E-state index in [1.807, 2.05) is 0 Å². The maximum Gasteiger partial charge on any atom is 0.264 e. The lowest BCUT2D eigenvalue weighted by molar-refractivity contribution is 0.134. The summed E-state index contributed by atoms with van der Waals surface area (Å²) in [6.07, 6.45) is -0.523. The van der Waals surface area contributed by atoms with E-state index >= 15 is 0 Å². The van der Waals surface area contributed by atoms with Gasteiger partial charge in [-0.05, 0) is 12.8 Å². The van der Waals surface area contributed by atoms with Crippen LogP contribution in [0.4, 0.5) is 8.78 Å². The van der Waals surface area contributed by atoms with E-state index in [0.717, 1.165) is 0 Å². The number of rotatable bonds is 7. The van der Waals surface area contributed by atoms with Gasteiger partial charge in [0.15, 0.2) is 0 Å². The van der Waals surface area contributed by atoms with Crippen LogP contribution in [0.2, 0.25) is 0 Å². The highest BCUT2D eigenvalue weighted by Gasteiger charge is 2.04. The van der Waals surface area contributed by atoms with Gasteiger partial charge in [0.1, 0.15) is 0 Å². The normalized spacial score (nSPS) is 11.4. The molecule has 0 spiro atoms. The molecular formula is C7H17F2NO3S. The van der Waals surface area contributed by atoms with Crippen LogP contribution >= 0.6 is 0 Å². The third-order valence-electron chi connectivity index (χ3n) is 1.57. The Bertz CT molecular complexity index is 219. The van der Waals surface area contributed by atoms with E-state index in [0.29, 0.717) is 25.7 Å². The van der Waals surface area contributed by atoms with Crippen LogP contribution in [-0.4, -0.2) is 25.1 Å². The maximum atomic E-state index is 11.6. The SMILES string of the molecule is N.O=S(=O)(O)CCCCCCC(F)F. The van der Waals surface area contributed by atoms with E-state index in [1.165, 1.54) is 0 Å². The molecule has 0 aliphatic heterocycles. The zero-order valence-corrected chi connectivity index (χ0v) is 8.77. The first-order valence-corrected chi connectivity index (χ1v) is 5.76. The van der Waals surface area contributed by atoms with Crippen molar-refractivity contribution in [3.8, 4) is 0 Å². The molecule has 7 heteroatoms. The van der Waals surface area contributed by atoms with Crippen LogP contribution in [-0.2, 0) is 10.1 Å². The Morgan fingerprint density at radius 2 is 1.57 bits per heavy atom. The summed E-state index contributed by atoms with van der Waals surface area (Å²) in [4.78, 5) is 0. The maximum absolute atomic E-state index is 11.6. The van der Waals surface area contributed by atoms with E-state index in [9.17, 15) is 17.2 Å². The minimum Gasteiger partial charge on any atom is -0.344 e. The zero-order valence-electron chi connectivity index (χ0n) is 7.95. The van der Waals surface area contributed by atoms with Crippen LogP contribution in [0.25, 0.3) is 0 Å². The van der Waals surface area contributed by atoms with Crippen molar-refractivity contribution in [2.45, 2.75) is 38.5 Å². The highest BCUT2D eigenvalue weighted by Crippen LogP contribution is 2.09. The van der Waals surface area contributed by atoms with Gasteiger partial charge in [0.2, 0.25) is 6.43 Å². The van der Waals surface area contributed by atoms with Gasteiger partial charge < -0.3 is 6.15 Å². The van der Waals surface area contributed by atoms with Gasteiger partial charge in [0.25, 0.3) is 10.1 Å². The molecule has 0 rings (SSSR count). The predicted molar refractivity (Wildman–Crippen MR) is 50.5 cm³/mol. The Morgan fingerprint density at radius 1 is 1.07 bits per heavy atom. The average molecular weight is 233 g/mol. The van der Waals surface area contributed by atoms with Crippen molar-refractivity contribution >= 4 is 10.1 Å². The highest BCUT2D eigenvalue weighted by atomic mass is 32.2. The molecule has 0 aromatic heterocycles. The Kier molecular flexibility index (Phi) is 9.32. The molecule has 4 N–H and O–H groups in total. The van der Waals surface area contributed by atoms with Gasteiger partial charge in [-0.1, -0.05) is 12.8 Å². The summed E-state index contributed by atoms with van der Waals surface area (Å²) in [7, 11) is -3.88. The first-order chi connectivity index (χ1) is 5.92. The van der Waals surface area contributed by atoms with E-state index < -0.39 is 16.5 Å². The standard InChI is InChI=1S/C7H14F2O3S.H3N/c8-7(9)5-3-1-2-4-6-13(10,11)12;/h7H,1-6H2,(H,10,11,12);1H3. The molecule has 0 saturated heterocycles. The van der Waals surface area contributed by atoms with Gasteiger partial charge in [-0.25, -0.2) is 8.78 Å². The van der Waals surface area contributed by atoms with Crippen LogP contribution in [0.3, 0.4) is 0 Å². The summed E-state index contributed by atoms with van der Waals surface area (Å²) in [6, 6.07) is 0. The molecule has 0 heterocycles. The second-order valence-corrected chi connectivity index (χ2v) is 4.45. The summed E-state index contributed by atoms with van der Waals surface area (Å²) in [5, 5.41) is 0. The van der Waals surface area contributed by atoms with Crippen LogP contribution in [0, 0.1) is 0 Å². The molecular weight excluding hydrogens is 216 g/mol. The molecule has 0 fully saturated rings. The van der Waals surface area contributed by atoms with Crippen LogP contribution < -0.4 is 6.15 Å². The summed E-state index contributed by atoms with van der Waals surface area (Å²) >= 11 is 0. The molecule has 0 aromatic rings. The van der Waals surface area contributed by atoms with Crippen LogP contribution in [0.5, 0.6) is 0 Å². The van der Waals surface area contributed by atoms with Crippen molar-refractivity contribution in [2.75, 3.05) is 5.75 Å². The lowest BCUT2D eigenvalue weighted by atomic mass is 10.2. The first kappa shape index (κ1) is 16.2. The lowest BCUT2D eigenvalue weighted by Gasteiger charge is -1.99. The monoisotopic (exact) mass is 233 g/mol. The Hall–Kier alpha value is -0.270. The third-order valence-corrected chi connectivity index (χ3v) is 2.38. The zero-order chi connectivity index (χ0) is 10.3. The molecule has 0 amide bonds. The summed E-state index contributed by atoms with van der Waals surface area (Å²) < 4.78 is 51.9. The summed E-state index contributed by atoms with van der Waals surface area (Å²) in [6.45, 7) is 0. The molecule has 14 heavy (non-hydrogen) atoms. The van der Waals surface area contributed by atoms with Crippen molar-refractivity contribution in [2.24, 2.45) is 0 Å². The molecule has 0 radical (unpaired) electrons. The van der Waals surface area contributed by atoms with Crippen LogP contribution in [0.15, 0.2) is 0 Å². The smallest absolute Gasteiger partial charge is 0.264 e. The van der Waals surface area contributed by atoms with Gasteiger partial charge in [0.05, 0.1) is 5.75 Å². The fourth-order valence-corrected chi connectivity index (χ4v) is 1.51. The molecule has 0 unspecified atom stereocenters. The minimum atomic E-state index is -3.88. The molecule has 0 aromatic carbocycles. The molecule has 4 nitrogen and oxygen atoms in total. The number of halogens is 2. The summed E-state index contributed by atoms with van der Waals surface area (Å²) in [5.74, 6) is -0.276. The van der Waals surface area contributed by atoms with E-state index in [2.05, 4.69) is 0 Å². The number of unbranched alkanes of at least 4 members (excludes halogenated alkanes) is 3. The lowest BCUT2D eigenvalue weighted by Crippen LogP contribution is -2.03. The summed E-state index contributed by atoms with van der Waals surface area (Å²) in [5.41, 5.74) is 0. The van der Waals surface area contributed by atoms with Gasteiger partial charge in [-0.3, -0.25) is 4.55 Å². The molecule has 0 aliphatic rings. The largest absolute Gasteiger partial charge is 0.344 e. The quantitative estimate of drug-likeness (QED) is 0.521. The van der Waals surface area contributed by atoms with E-state index in [-0.39, 0.29) is 18.3 Å². The second kappa shape index (κ2) is 8.07. The average Bonchev–Trinajstić information content (AvgIpc) is 1.93. The highest BCUT2D eigenvalue weighted by molar-refractivity contribution is 7.85. The van der Waals surface area contributed by atoms with E-state index in [1.54, 1.807) is 0 Å². The van der Waals surface area contributed by atoms with Gasteiger partial charge in [-0.15, -0.1) is 0 Å². The molecule has 88 valence electrons. The number of hydrogen-bond donors (Lipinski definition) is 2. The van der Waals surface area contributed by atoms with Crippen molar-refractivity contribution in [3.05, 3.63) is 0 Å². The number of alkyl halides is 2. The van der Waals surface area contributed by atoms with E-state index in [4.69, 9.17) is 4.55 Å². The van der Waals surface area contributed by atoms with Crippen molar-refractivity contribution in [1.82, 2.24) is 6.15 Å². The predicted octanol–water partition coefficient (Wildman–Crippen LogP) is 2.25. The molecule has 0 aliphatic carbocycles. The van der Waals surface area contributed by atoms with Gasteiger partial charge in [-0.2, -0.15) is 8.42 Å². The third kappa shape index (κ3) is 14.3. The van der Waals surface area contributed by atoms with Gasteiger partial charge >= 0.3 is 0 Å². The first-order valence-electron chi connectivity index (χ1n) is 4.15. The fraction of sp³-hybridized carbons (Fsp3) is 1.00. The Labute approximate surface area is 83.0 Å². The molecule has 0 bridgehead atoms. The molecule has 0 saturated carbocycles. The Morgan fingerprint density at radius 3 is 2.00 bits per heavy atom. The second-order valence-electron chi connectivity index (χ2n) is 2.88. The van der Waals surface area contributed by atoms with Crippen molar-refractivity contribution in [1.29, 1.82) is 0 Å². The van der Waals surface area contributed by atoms with Crippen molar-refractivity contribution in [3.63, 3.8) is 0 Å². The molecule has 0 atom stereocenters. The topological polar surface area (TPSA) is 89.4 Å².